The minimum atomic E-state index is -0.283. The summed E-state index contributed by atoms with van der Waals surface area (Å²) < 4.78 is 0. The molecule has 1 nitrogen and oxygen atoms in total. The smallest absolute Gasteiger partial charge is 0.0693 e. The Bertz CT molecular complexity index is 448. The minimum Gasteiger partial charge on any atom is -0.198 e. The van der Waals surface area contributed by atoms with E-state index in [1.165, 1.54) is 19.3 Å². The highest BCUT2D eigenvalue weighted by Gasteiger charge is 2.31. The average molecular weight is 296 g/mol. The third-order valence-electron chi connectivity index (χ3n) is 4.12. The fourth-order valence-corrected chi connectivity index (χ4v) is 3.48. The average Bonchev–Trinajstić information content (AvgIpc) is 2.37. The van der Waals surface area contributed by atoms with Gasteiger partial charge in [-0.25, -0.2) is 0 Å². The predicted octanol–water partition coefficient (Wildman–Crippen LogP) is 5.79. The number of rotatable bonds is 2. The van der Waals surface area contributed by atoms with Crippen LogP contribution in [0.4, 0.5) is 0 Å². The van der Waals surface area contributed by atoms with E-state index in [9.17, 15) is 5.26 Å². The normalized spacial score (nSPS) is 19.2. The van der Waals surface area contributed by atoms with Crippen molar-refractivity contribution in [3.8, 4) is 6.07 Å². The van der Waals surface area contributed by atoms with E-state index in [0.29, 0.717) is 16.5 Å². The molecule has 0 heterocycles. The lowest BCUT2D eigenvalue weighted by molar-refractivity contribution is 0.287. The summed E-state index contributed by atoms with van der Waals surface area (Å²) in [5.41, 5.74) is 0.655. The Morgan fingerprint density at radius 1 is 1.00 bits per heavy atom. The summed E-state index contributed by atoms with van der Waals surface area (Å²) in [6.45, 7) is 0. The highest BCUT2D eigenvalue weighted by Crippen LogP contribution is 2.40. The van der Waals surface area contributed by atoms with Crippen molar-refractivity contribution in [1.29, 1.82) is 5.26 Å². The SMILES string of the molecule is N#CC1(Cc2c(Cl)cccc2Cl)CCCCCCC1. The third kappa shape index (κ3) is 3.65. The van der Waals surface area contributed by atoms with Crippen molar-refractivity contribution < 1.29 is 0 Å². The van der Waals surface area contributed by atoms with Crippen LogP contribution >= 0.6 is 23.2 Å². The van der Waals surface area contributed by atoms with Crippen LogP contribution in [0.3, 0.4) is 0 Å². The molecule has 1 aliphatic rings. The minimum absolute atomic E-state index is 0.283. The van der Waals surface area contributed by atoms with Crippen molar-refractivity contribution in [3.05, 3.63) is 33.8 Å². The maximum absolute atomic E-state index is 9.67. The summed E-state index contributed by atoms with van der Waals surface area (Å²) in [7, 11) is 0. The molecule has 1 aliphatic carbocycles. The monoisotopic (exact) mass is 295 g/mol. The maximum Gasteiger partial charge on any atom is 0.0693 e. The predicted molar refractivity (Wildman–Crippen MR) is 80.5 cm³/mol. The number of halogens is 2. The molecular weight excluding hydrogens is 277 g/mol. The molecule has 3 heteroatoms. The van der Waals surface area contributed by atoms with Gasteiger partial charge in [-0.1, -0.05) is 61.4 Å². The van der Waals surface area contributed by atoms with Gasteiger partial charge in [0.15, 0.2) is 0 Å². The van der Waals surface area contributed by atoms with Crippen LogP contribution < -0.4 is 0 Å². The zero-order valence-electron chi connectivity index (χ0n) is 11.1. The maximum atomic E-state index is 9.67. The van der Waals surface area contributed by atoms with Gasteiger partial charge in [0.2, 0.25) is 0 Å². The largest absolute Gasteiger partial charge is 0.198 e. The molecule has 0 unspecified atom stereocenters. The molecule has 0 saturated heterocycles. The summed E-state index contributed by atoms with van der Waals surface area (Å²) in [5.74, 6) is 0. The van der Waals surface area contributed by atoms with Crippen molar-refractivity contribution in [2.45, 2.75) is 51.4 Å². The quantitative estimate of drug-likeness (QED) is 0.677. The third-order valence-corrected chi connectivity index (χ3v) is 4.83. The van der Waals surface area contributed by atoms with Gasteiger partial charge in [-0.2, -0.15) is 5.26 Å². The molecule has 1 aromatic carbocycles. The standard InChI is InChI=1S/C16H19Cl2N/c17-14-7-6-8-15(18)13(14)11-16(12-19)9-4-2-1-3-5-10-16/h6-8H,1-5,9-11H2. The van der Waals surface area contributed by atoms with Crippen molar-refractivity contribution in [2.75, 3.05) is 0 Å². The van der Waals surface area contributed by atoms with Crippen LogP contribution in [0.15, 0.2) is 18.2 Å². The van der Waals surface area contributed by atoms with Crippen molar-refractivity contribution in [1.82, 2.24) is 0 Å². The Labute approximate surface area is 125 Å². The van der Waals surface area contributed by atoms with E-state index >= 15 is 0 Å². The Morgan fingerprint density at radius 3 is 2.05 bits per heavy atom. The summed E-state index contributed by atoms with van der Waals surface area (Å²) >= 11 is 12.5. The summed E-state index contributed by atoms with van der Waals surface area (Å²) in [5, 5.41) is 11.0. The molecule has 1 fully saturated rings. The number of hydrogen-bond acceptors (Lipinski definition) is 1. The van der Waals surface area contributed by atoms with Gasteiger partial charge < -0.3 is 0 Å². The number of nitrogens with zero attached hydrogens (tertiary/aromatic N) is 1. The zero-order valence-corrected chi connectivity index (χ0v) is 12.6. The van der Waals surface area contributed by atoms with Crippen LogP contribution in [0, 0.1) is 16.7 Å². The second kappa shape index (κ2) is 6.64. The highest BCUT2D eigenvalue weighted by atomic mass is 35.5. The second-order valence-electron chi connectivity index (χ2n) is 5.54. The van der Waals surface area contributed by atoms with Gasteiger partial charge in [0, 0.05) is 10.0 Å². The van der Waals surface area contributed by atoms with Gasteiger partial charge in [-0.15, -0.1) is 0 Å². The number of hydrogen-bond donors (Lipinski definition) is 0. The molecule has 19 heavy (non-hydrogen) atoms. The first-order chi connectivity index (χ1) is 9.17. The lowest BCUT2D eigenvalue weighted by atomic mass is 9.73. The molecule has 2 rings (SSSR count). The molecule has 0 radical (unpaired) electrons. The Balaban J connectivity index is 2.24. The molecule has 0 amide bonds. The number of benzene rings is 1. The fourth-order valence-electron chi connectivity index (χ4n) is 2.95. The van der Waals surface area contributed by atoms with E-state index < -0.39 is 0 Å². The lowest BCUT2D eigenvalue weighted by Crippen LogP contribution is -2.23. The molecule has 1 saturated carbocycles. The molecule has 0 spiro atoms. The van der Waals surface area contributed by atoms with Crippen molar-refractivity contribution >= 4 is 23.2 Å². The van der Waals surface area contributed by atoms with Crippen LogP contribution in [-0.4, -0.2) is 0 Å². The van der Waals surface area contributed by atoms with Gasteiger partial charge >= 0.3 is 0 Å². The van der Waals surface area contributed by atoms with Gasteiger partial charge in [0.25, 0.3) is 0 Å². The molecule has 1 aromatic rings. The fraction of sp³-hybridized carbons (Fsp3) is 0.562. The summed E-state index contributed by atoms with van der Waals surface area (Å²) in [4.78, 5) is 0. The van der Waals surface area contributed by atoms with Crippen molar-refractivity contribution in [3.63, 3.8) is 0 Å². The molecular formula is C16H19Cl2N. The van der Waals surface area contributed by atoms with E-state index in [1.54, 1.807) is 0 Å². The van der Waals surface area contributed by atoms with E-state index in [2.05, 4.69) is 6.07 Å². The first kappa shape index (κ1) is 14.7. The lowest BCUT2D eigenvalue weighted by Gasteiger charge is -2.29. The molecule has 0 N–H and O–H groups in total. The highest BCUT2D eigenvalue weighted by molar-refractivity contribution is 6.36. The van der Waals surface area contributed by atoms with Crippen LogP contribution in [0.25, 0.3) is 0 Å². The van der Waals surface area contributed by atoms with Crippen LogP contribution in [0.1, 0.15) is 50.5 Å². The topological polar surface area (TPSA) is 23.8 Å². The van der Waals surface area contributed by atoms with E-state index in [-0.39, 0.29) is 5.41 Å². The van der Waals surface area contributed by atoms with Crippen LogP contribution in [0.2, 0.25) is 10.0 Å². The van der Waals surface area contributed by atoms with Crippen LogP contribution in [-0.2, 0) is 6.42 Å². The Kier molecular flexibility index (Phi) is 5.13. The number of nitriles is 1. The molecule has 0 bridgehead atoms. The molecule has 0 aromatic heterocycles. The van der Waals surface area contributed by atoms with Gasteiger partial charge in [0.1, 0.15) is 0 Å². The van der Waals surface area contributed by atoms with E-state index in [4.69, 9.17) is 23.2 Å². The molecule has 102 valence electrons. The first-order valence-corrected chi connectivity index (χ1v) is 7.77. The Morgan fingerprint density at radius 2 is 1.53 bits per heavy atom. The van der Waals surface area contributed by atoms with Crippen molar-refractivity contribution in [2.24, 2.45) is 5.41 Å². The summed E-state index contributed by atoms with van der Waals surface area (Å²) in [6.07, 6.45) is 8.65. The molecule has 0 atom stereocenters. The van der Waals surface area contributed by atoms with E-state index in [1.807, 2.05) is 18.2 Å². The Hall–Kier alpha value is -0.710. The van der Waals surface area contributed by atoms with Gasteiger partial charge in [-0.05, 0) is 37.0 Å². The first-order valence-electron chi connectivity index (χ1n) is 7.01. The van der Waals surface area contributed by atoms with Gasteiger partial charge in [0.05, 0.1) is 11.5 Å². The second-order valence-corrected chi connectivity index (χ2v) is 6.35. The summed E-state index contributed by atoms with van der Waals surface area (Å²) in [6, 6.07) is 8.14. The molecule has 0 aliphatic heterocycles. The van der Waals surface area contributed by atoms with E-state index in [0.717, 1.165) is 31.2 Å². The zero-order chi connectivity index (χ0) is 13.7. The van der Waals surface area contributed by atoms with Crippen LogP contribution in [0.5, 0.6) is 0 Å². The van der Waals surface area contributed by atoms with Gasteiger partial charge in [-0.3, -0.25) is 0 Å².